The van der Waals surface area contributed by atoms with Gasteiger partial charge in [-0.25, -0.2) is 4.57 Å². The van der Waals surface area contributed by atoms with E-state index in [0.717, 1.165) is 19.4 Å². The molecular weight excluding hydrogens is 229 g/mol. The van der Waals surface area contributed by atoms with Crippen molar-refractivity contribution in [2.75, 3.05) is 13.2 Å². The lowest BCUT2D eigenvalue weighted by Crippen LogP contribution is -2.38. The number of nitrogens with one attached hydrogen (secondary N) is 1. The molecule has 0 aromatic rings. The first-order chi connectivity index (χ1) is 7.14. The van der Waals surface area contributed by atoms with Gasteiger partial charge in [-0.3, -0.25) is 4.52 Å². The lowest BCUT2D eigenvalue weighted by atomic mass is 9.96. The predicted molar refractivity (Wildman–Crippen MR) is 64.1 cm³/mol. The number of phosphoric ester groups is 1. The molecule has 0 aliphatic carbocycles. The minimum atomic E-state index is -4.35. The molecule has 0 rings (SSSR count). The average Bonchev–Trinajstić information content (AvgIpc) is 2.07. The van der Waals surface area contributed by atoms with E-state index < -0.39 is 7.82 Å². The Kier molecular flexibility index (Phi) is 6.75. The maximum atomic E-state index is 10.6. The third-order valence-electron chi connectivity index (χ3n) is 2.00. The Labute approximate surface area is 97.8 Å². The summed E-state index contributed by atoms with van der Waals surface area (Å²) in [7, 11) is -4.35. The molecule has 0 aromatic heterocycles. The summed E-state index contributed by atoms with van der Waals surface area (Å²) in [4.78, 5) is 17.2. The van der Waals surface area contributed by atoms with Gasteiger partial charge < -0.3 is 15.1 Å². The maximum Gasteiger partial charge on any atom is 0.469 e. The van der Waals surface area contributed by atoms with Gasteiger partial charge in [0.25, 0.3) is 0 Å². The Morgan fingerprint density at radius 1 is 1.38 bits per heavy atom. The summed E-state index contributed by atoms with van der Waals surface area (Å²) in [5.74, 6) is 0. The normalized spacial score (nSPS) is 15.1. The summed E-state index contributed by atoms with van der Waals surface area (Å²) in [6.07, 6.45) is 1.79. The fourth-order valence-electron chi connectivity index (χ4n) is 1.23. The zero-order valence-corrected chi connectivity index (χ0v) is 11.5. The summed E-state index contributed by atoms with van der Waals surface area (Å²) in [6.45, 7) is 9.19. The number of hydrogen-bond donors (Lipinski definition) is 3. The van der Waals surface area contributed by atoms with Gasteiger partial charge in [-0.1, -0.05) is 34.1 Å². The highest BCUT2D eigenvalue weighted by Gasteiger charge is 2.19. The van der Waals surface area contributed by atoms with Crippen LogP contribution in [0.3, 0.4) is 0 Å². The third kappa shape index (κ3) is 10.6. The molecule has 1 unspecified atom stereocenters. The topological polar surface area (TPSA) is 78.8 Å². The van der Waals surface area contributed by atoms with E-state index in [4.69, 9.17) is 9.79 Å². The summed E-state index contributed by atoms with van der Waals surface area (Å²) in [6, 6.07) is -0.00292. The lowest BCUT2D eigenvalue weighted by Gasteiger charge is -2.24. The average molecular weight is 253 g/mol. The van der Waals surface area contributed by atoms with Gasteiger partial charge in [0.15, 0.2) is 0 Å². The summed E-state index contributed by atoms with van der Waals surface area (Å²) in [5.41, 5.74) is 0.147. The SMILES string of the molecule is CCCC(COP(=O)(O)O)NCC(C)(C)C. The Morgan fingerprint density at radius 3 is 2.31 bits per heavy atom. The summed E-state index contributed by atoms with van der Waals surface area (Å²) in [5, 5.41) is 3.26. The van der Waals surface area contributed by atoms with Gasteiger partial charge in [0.05, 0.1) is 6.61 Å². The molecule has 0 bridgehead atoms. The van der Waals surface area contributed by atoms with Crippen LogP contribution in [0.5, 0.6) is 0 Å². The molecule has 16 heavy (non-hydrogen) atoms. The lowest BCUT2D eigenvalue weighted by molar-refractivity contribution is 0.169. The quantitative estimate of drug-likeness (QED) is 0.604. The van der Waals surface area contributed by atoms with Gasteiger partial charge in [-0.2, -0.15) is 0 Å². The monoisotopic (exact) mass is 253 g/mol. The molecule has 5 nitrogen and oxygen atoms in total. The molecule has 0 aromatic carbocycles. The van der Waals surface area contributed by atoms with E-state index in [0.29, 0.717) is 0 Å². The van der Waals surface area contributed by atoms with Crippen LogP contribution in [-0.4, -0.2) is 29.0 Å². The van der Waals surface area contributed by atoms with Crippen molar-refractivity contribution in [1.29, 1.82) is 0 Å². The van der Waals surface area contributed by atoms with Crippen LogP contribution in [-0.2, 0) is 9.09 Å². The van der Waals surface area contributed by atoms with Gasteiger partial charge in [-0.15, -0.1) is 0 Å². The van der Waals surface area contributed by atoms with Crippen molar-refractivity contribution < 1.29 is 18.9 Å². The molecule has 0 aliphatic rings. The van der Waals surface area contributed by atoms with Crippen molar-refractivity contribution in [2.24, 2.45) is 5.41 Å². The van der Waals surface area contributed by atoms with E-state index >= 15 is 0 Å². The molecule has 3 N–H and O–H groups in total. The molecule has 98 valence electrons. The van der Waals surface area contributed by atoms with Crippen LogP contribution >= 0.6 is 7.82 Å². The first-order valence-electron chi connectivity index (χ1n) is 5.57. The number of phosphoric acid groups is 1. The molecular formula is C10H24NO4P. The largest absolute Gasteiger partial charge is 0.469 e. The van der Waals surface area contributed by atoms with Crippen molar-refractivity contribution in [3.63, 3.8) is 0 Å². The van der Waals surface area contributed by atoms with Crippen LogP contribution in [0.2, 0.25) is 0 Å². The van der Waals surface area contributed by atoms with Gasteiger partial charge in [0.2, 0.25) is 0 Å². The van der Waals surface area contributed by atoms with Crippen LogP contribution in [0.15, 0.2) is 0 Å². The van der Waals surface area contributed by atoms with Crippen molar-refractivity contribution in [1.82, 2.24) is 5.32 Å². The standard InChI is InChI=1S/C10H24NO4P/c1-5-6-9(7-15-16(12,13)14)11-8-10(2,3)4/h9,11H,5-8H2,1-4H3,(H2,12,13,14). The van der Waals surface area contributed by atoms with E-state index in [1.165, 1.54) is 0 Å². The molecule has 0 fully saturated rings. The van der Waals surface area contributed by atoms with Crippen molar-refractivity contribution in [3.05, 3.63) is 0 Å². The molecule has 6 heteroatoms. The molecule has 0 radical (unpaired) electrons. The molecule has 0 heterocycles. The summed E-state index contributed by atoms with van der Waals surface area (Å²) < 4.78 is 15.1. The molecule has 0 saturated heterocycles. The van der Waals surface area contributed by atoms with E-state index in [2.05, 4.69) is 30.6 Å². The second-order valence-corrected chi connectivity index (χ2v) is 6.45. The fourth-order valence-corrected chi connectivity index (χ4v) is 1.60. The van der Waals surface area contributed by atoms with Gasteiger partial charge in [0.1, 0.15) is 0 Å². The second kappa shape index (κ2) is 6.72. The minimum Gasteiger partial charge on any atom is -0.311 e. The molecule has 1 atom stereocenters. The first-order valence-corrected chi connectivity index (χ1v) is 7.10. The van der Waals surface area contributed by atoms with Crippen LogP contribution in [0, 0.1) is 5.41 Å². The van der Waals surface area contributed by atoms with Crippen LogP contribution in [0.25, 0.3) is 0 Å². The van der Waals surface area contributed by atoms with E-state index in [1.54, 1.807) is 0 Å². The molecule has 0 saturated carbocycles. The second-order valence-electron chi connectivity index (χ2n) is 5.21. The first kappa shape index (κ1) is 16.1. The van der Waals surface area contributed by atoms with Crippen molar-refractivity contribution >= 4 is 7.82 Å². The van der Waals surface area contributed by atoms with Crippen molar-refractivity contribution in [3.8, 4) is 0 Å². The Hall–Kier alpha value is 0.0700. The van der Waals surface area contributed by atoms with Crippen molar-refractivity contribution in [2.45, 2.75) is 46.6 Å². The van der Waals surface area contributed by atoms with Gasteiger partial charge in [-0.05, 0) is 11.8 Å². The molecule has 0 spiro atoms. The number of hydrogen-bond acceptors (Lipinski definition) is 3. The highest BCUT2D eigenvalue weighted by molar-refractivity contribution is 7.46. The Bertz CT molecular complexity index is 233. The Balaban J connectivity index is 4.03. The zero-order valence-electron chi connectivity index (χ0n) is 10.6. The smallest absolute Gasteiger partial charge is 0.311 e. The maximum absolute atomic E-state index is 10.6. The van der Waals surface area contributed by atoms with Crippen LogP contribution in [0.4, 0.5) is 0 Å². The van der Waals surface area contributed by atoms with E-state index in [9.17, 15) is 4.57 Å². The Morgan fingerprint density at radius 2 is 1.94 bits per heavy atom. The molecule has 0 aliphatic heterocycles. The highest BCUT2D eigenvalue weighted by atomic mass is 31.2. The minimum absolute atomic E-state index is 0.00292. The van der Waals surface area contributed by atoms with Gasteiger partial charge >= 0.3 is 7.82 Å². The number of rotatable bonds is 7. The predicted octanol–water partition coefficient (Wildman–Crippen LogP) is 1.90. The van der Waals surface area contributed by atoms with E-state index in [-0.39, 0.29) is 18.1 Å². The zero-order chi connectivity index (χ0) is 12.8. The van der Waals surface area contributed by atoms with E-state index in [1.807, 2.05) is 6.92 Å². The molecule has 0 amide bonds. The van der Waals surface area contributed by atoms with Gasteiger partial charge in [0, 0.05) is 12.6 Å². The highest BCUT2D eigenvalue weighted by Crippen LogP contribution is 2.35. The third-order valence-corrected chi connectivity index (χ3v) is 2.49. The summed E-state index contributed by atoms with van der Waals surface area (Å²) >= 11 is 0. The fraction of sp³-hybridized carbons (Fsp3) is 1.00. The van der Waals surface area contributed by atoms with Crippen LogP contribution < -0.4 is 5.32 Å². The van der Waals surface area contributed by atoms with Crippen LogP contribution in [0.1, 0.15) is 40.5 Å².